The Hall–Kier alpha value is -1.97. The van der Waals surface area contributed by atoms with Gasteiger partial charge in [0.2, 0.25) is 10.0 Å². The Labute approximate surface area is 171 Å². The van der Waals surface area contributed by atoms with Crippen molar-refractivity contribution in [2.24, 2.45) is 5.92 Å². The van der Waals surface area contributed by atoms with Gasteiger partial charge in [0.15, 0.2) is 0 Å². The molecule has 1 aromatic carbocycles. The number of carbonyl (C=O) groups excluding carboxylic acids is 2. The molecule has 9 heteroatoms. The van der Waals surface area contributed by atoms with Gasteiger partial charge in [0.05, 0.1) is 11.6 Å². The predicted molar refractivity (Wildman–Crippen MR) is 108 cm³/mol. The number of benzene rings is 1. The van der Waals surface area contributed by atoms with Crippen LogP contribution in [0.1, 0.15) is 30.9 Å². The van der Waals surface area contributed by atoms with Gasteiger partial charge in [-0.15, -0.1) is 0 Å². The first-order chi connectivity index (χ1) is 13.6. The molecule has 2 saturated heterocycles. The molecule has 8 nitrogen and oxygen atoms in total. The third-order valence-electron chi connectivity index (χ3n) is 6.48. The molecular weight excluding hydrogens is 392 g/mol. The van der Waals surface area contributed by atoms with Crippen LogP contribution in [-0.2, 0) is 14.8 Å². The van der Waals surface area contributed by atoms with Crippen molar-refractivity contribution in [3.05, 3.63) is 29.3 Å². The highest BCUT2D eigenvalue weighted by atomic mass is 32.2. The molecular formula is C20H28N4O4S. The van der Waals surface area contributed by atoms with Gasteiger partial charge in [-0.05, 0) is 62.8 Å². The third kappa shape index (κ3) is 3.55. The quantitative estimate of drug-likeness (QED) is 0.725. The normalized spacial score (nSPS) is 26.8. The van der Waals surface area contributed by atoms with Crippen molar-refractivity contribution in [2.75, 3.05) is 32.8 Å². The first-order valence-electron chi connectivity index (χ1n) is 10.1. The van der Waals surface area contributed by atoms with Crippen LogP contribution < -0.4 is 5.32 Å². The van der Waals surface area contributed by atoms with Crippen LogP contribution in [0, 0.1) is 19.8 Å². The molecule has 158 valence electrons. The fourth-order valence-corrected chi connectivity index (χ4v) is 5.62. The van der Waals surface area contributed by atoms with Crippen LogP contribution in [0.15, 0.2) is 23.1 Å². The van der Waals surface area contributed by atoms with Gasteiger partial charge in [-0.1, -0.05) is 6.07 Å². The largest absolute Gasteiger partial charge is 0.326 e. The van der Waals surface area contributed by atoms with Crippen molar-refractivity contribution in [3.63, 3.8) is 0 Å². The molecule has 29 heavy (non-hydrogen) atoms. The van der Waals surface area contributed by atoms with E-state index >= 15 is 0 Å². The number of rotatable bonds is 5. The number of carbonyl (C=O) groups is 2. The Morgan fingerprint density at radius 1 is 1.07 bits per heavy atom. The van der Waals surface area contributed by atoms with Crippen LogP contribution in [0.3, 0.4) is 0 Å². The van der Waals surface area contributed by atoms with E-state index in [4.69, 9.17) is 0 Å². The average Bonchev–Trinajstić information content (AvgIpc) is 3.50. The number of hydrogen-bond donors (Lipinski definition) is 1. The summed E-state index contributed by atoms with van der Waals surface area (Å²) in [5.41, 5.74) is 1.22. The van der Waals surface area contributed by atoms with E-state index in [0.717, 1.165) is 24.0 Å². The number of amides is 3. The second kappa shape index (κ2) is 7.07. The number of nitrogens with zero attached hydrogens (tertiary/aromatic N) is 3. The summed E-state index contributed by atoms with van der Waals surface area (Å²) in [6, 6.07) is 4.83. The van der Waals surface area contributed by atoms with Gasteiger partial charge in [-0.25, -0.2) is 18.1 Å². The maximum absolute atomic E-state index is 13.0. The van der Waals surface area contributed by atoms with Gasteiger partial charge in [0.25, 0.3) is 5.91 Å². The van der Waals surface area contributed by atoms with Crippen LogP contribution in [0.25, 0.3) is 0 Å². The number of nitrogens with one attached hydrogen (secondary N) is 1. The van der Waals surface area contributed by atoms with Crippen molar-refractivity contribution in [1.29, 1.82) is 0 Å². The van der Waals surface area contributed by atoms with Crippen LogP contribution in [0.2, 0.25) is 0 Å². The summed E-state index contributed by atoms with van der Waals surface area (Å²) >= 11 is 0. The zero-order chi connectivity index (χ0) is 21.0. The minimum absolute atomic E-state index is 0.171. The Balaban J connectivity index is 1.39. The minimum atomic E-state index is -3.55. The van der Waals surface area contributed by atoms with Crippen molar-refractivity contribution >= 4 is 22.0 Å². The topological polar surface area (TPSA) is 90.0 Å². The van der Waals surface area contributed by atoms with Gasteiger partial charge in [-0.2, -0.15) is 4.31 Å². The number of piperazine rings is 1. The second-order valence-corrected chi connectivity index (χ2v) is 10.5. The Bertz CT molecular complexity index is 951. The Morgan fingerprint density at radius 2 is 1.72 bits per heavy atom. The Morgan fingerprint density at radius 3 is 2.31 bits per heavy atom. The molecule has 0 spiro atoms. The average molecular weight is 421 g/mol. The summed E-state index contributed by atoms with van der Waals surface area (Å²) in [5, 5.41) is 2.85. The van der Waals surface area contributed by atoms with E-state index in [9.17, 15) is 18.0 Å². The monoisotopic (exact) mass is 420 g/mol. The predicted octanol–water partition coefficient (Wildman–Crippen LogP) is 1.29. The number of sulfonamides is 1. The molecule has 0 unspecified atom stereocenters. The van der Waals surface area contributed by atoms with E-state index in [1.54, 1.807) is 19.1 Å². The minimum Gasteiger partial charge on any atom is -0.323 e. The lowest BCUT2D eigenvalue weighted by atomic mass is 9.96. The van der Waals surface area contributed by atoms with Crippen LogP contribution in [0.5, 0.6) is 0 Å². The zero-order valence-electron chi connectivity index (χ0n) is 17.1. The molecule has 1 aliphatic carbocycles. The van der Waals surface area contributed by atoms with E-state index < -0.39 is 15.6 Å². The zero-order valence-corrected chi connectivity index (χ0v) is 18.0. The fourth-order valence-electron chi connectivity index (χ4n) is 4.12. The van der Waals surface area contributed by atoms with Gasteiger partial charge in [-0.3, -0.25) is 9.69 Å². The van der Waals surface area contributed by atoms with Crippen molar-refractivity contribution in [2.45, 2.75) is 44.0 Å². The SMILES string of the molecule is Cc1ccc(S(=O)(=O)N2CCN(CN3C(=O)N[C@@](C)(C4CC4)C3=O)CC2)cc1C. The molecule has 1 N–H and O–H groups in total. The van der Waals surface area contributed by atoms with Gasteiger partial charge >= 0.3 is 6.03 Å². The van der Waals surface area contributed by atoms with Gasteiger partial charge in [0, 0.05) is 26.2 Å². The first-order valence-corrected chi connectivity index (χ1v) is 11.5. The summed E-state index contributed by atoms with van der Waals surface area (Å²) in [4.78, 5) is 28.6. The lowest BCUT2D eigenvalue weighted by molar-refractivity contribution is -0.133. The maximum Gasteiger partial charge on any atom is 0.326 e. The molecule has 0 aromatic heterocycles. The molecule has 3 amide bonds. The van der Waals surface area contributed by atoms with E-state index in [-0.39, 0.29) is 24.5 Å². The number of aryl methyl sites for hydroxylation is 2. The standard InChI is InChI=1S/C20H28N4O4S/c1-14-4-7-17(12-15(14)2)29(27,28)23-10-8-22(9-11-23)13-24-18(25)20(3,16-5-6-16)21-19(24)26/h4,7,12,16H,5-6,8-11,13H2,1-3H3,(H,21,26)/t20-/m0/s1. The molecule has 2 aliphatic heterocycles. The lowest BCUT2D eigenvalue weighted by Gasteiger charge is -2.35. The first kappa shape index (κ1) is 20.3. The van der Waals surface area contributed by atoms with Crippen LogP contribution >= 0.6 is 0 Å². The number of urea groups is 1. The van der Waals surface area contributed by atoms with Gasteiger partial charge < -0.3 is 5.32 Å². The van der Waals surface area contributed by atoms with Crippen molar-refractivity contribution in [3.8, 4) is 0 Å². The van der Waals surface area contributed by atoms with Gasteiger partial charge in [0.1, 0.15) is 5.54 Å². The summed E-state index contributed by atoms with van der Waals surface area (Å²) in [6.07, 6.45) is 1.93. The molecule has 3 aliphatic rings. The fraction of sp³-hybridized carbons (Fsp3) is 0.600. The maximum atomic E-state index is 13.0. The summed E-state index contributed by atoms with van der Waals surface area (Å²) in [7, 11) is -3.55. The van der Waals surface area contributed by atoms with E-state index in [1.807, 2.05) is 24.8 Å². The summed E-state index contributed by atoms with van der Waals surface area (Å²) in [6.45, 7) is 7.47. The molecule has 1 saturated carbocycles. The Kier molecular flexibility index (Phi) is 4.95. The number of imide groups is 1. The molecule has 4 rings (SSSR count). The molecule has 0 radical (unpaired) electrons. The second-order valence-electron chi connectivity index (χ2n) is 8.55. The third-order valence-corrected chi connectivity index (χ3v) is 8.38. The highest BCUT2D eigenvalue weighted by molar-refractivity contribution is 7.89. The van der Waals surface area contributed by atoms with E-state index in [2.05, 4.69) is 5.32 Å². The molecule has 3 fully saturated rings. The molecule has 2 heterocycles. The van der Waals surface area contributed by atoms with Crippen molar-refractivity contribution in [1.82, 2.24) is 19.4 Å². The summed E-state index contributed by atoms with van der Waals surface area (Å²) < 4.78 is 27.4. The number of hydrogen-bond acceptors (Lipinski definition) is 5. The molecule has 0 bridgehead atoms. The smallest absolute Gasteiger partial charge is 0.323 e. The molecule has 1 atom stereocenters. The summed E-state index contributed by atoms with van der Waals surface area (Å²) in [5.74, 6) is 0.0547. The lowest BCUT2D eigenvalue weighted by Crippen LogP contribution is -2.53. The highest BCUT2D eigenvalue weighted by Crippen LogP contribution is 2.42. The highest BCUT2D eigenvalue weighted by Gasteiger charge is 2.56. The van der Waals surface area contributed by atoms with Crippen LogP contribution in [-0.4, -0.2) is 72.8 Å². The van der Waals surface area contributed by atoms with Crippen LogP contribution in [0.4, 0.5) is 4.79 Å². The van der Waals surface area contributed by atoms with Crippen molar-refractivity contribution < 1.29 is 18.0 Å². The van der Waals surface area contributed by atoms with E-state index in [0.29, 0.717) is 31.1 Å². The molecule has 1 aromatic rings. The van der Waals surface area contributed by atoms with E-state index in [1.165, 1.54) is 9.21 Å².